The van der Waals surface area contributed by atoms with Gasteiger partial charge in [0, 0.05) is 31.0 Å². The van der Waals surface area contributed by atoms with Crippen LogP contribution in [0.5, 0.6) is 0 Å². The molecule has 0 spiro atoms. The van der Waals surface area contributed by atoms with Gasteiger partial charge in [-0.3, -0.25) is 9.78 Å². The molecule has 0 unspecified atom stereocenters. The lowest BCUT2D eigenvalue weighted by atomic mass is 10.1. The van der Waals surface area contributed by atoms with Gasteiger partial charge in [-0.25, -0.2) is 0 Å². The van der Waals surface area contributed by atoms with Crippen LogP contribution in [0.15, 0.2) is 42.7 Å². The second-order valence-electron chi connectivity index (χ2n) is 7.03. The molecule has 28 heavy (non-hydrogen) atoms. The maximum absolute atomic E-state index is 13.2. The van der Waals surface area contributed by atoms with Gasteiger partial charge in [0.25, 0.3) is 5.91 Å². The average molecular weight is 391 g/mol. The molecule has 2 aromatic rings. The molecular formula is C21H24F3N3O. The number of benzene rings is 1. The zero-order valence-electron chi connectivity index (χ0n) is 15.6. The van der Waals surface area contributed by atoms with E-state index in [2.05, 4.69) is 15.2 Å². The minimum atomic E-state index is -4.47. The molecule has 1 aromatic carbocycles. The zero-order valence-corrected chi connectivity index (χ0v) is 15.6. The van der Waals surface area contributed by atoms with Crippen molar-refractivity contribution in [1.29, 1.82) is 0 Å². The second kappa shape index (κ2) is 9.08. The first-order valence-corrected chi connectivity index (χ1v) is 9.63. The number of rotatable bonds is 3. The van der Waals surface area contributed by atoms with E-state index in [1.54, 1.807) is 0 Å². The summed E-state index contributed by atoms with van der Waals surface area (Å²) in [6.45, 7) is 1.53. The Labute approximate surface area is 162 Å². The fraction of sp³-hybridized carbons (Fsp3) is 0.429. The van der Waals surface area contributed by atoms with E-state index in [1.807, 2.05) is 0 Å². The summed E-state index contributed by atoms with van der Waals surface area (Å²) >= 11 is 0. The van der Waals surface area contributed by atoms with E-state index in [1.165, 1.54) is 43.4 Å². The summed E-state index contributed by atoms with van der Waals surface area (Å²) in [5, 5.41) is 2.68. The number of alkyl halides is 3. The molecule has 150 valence electrons. The van der Waals surface area contributed by atoms with E-state index in [9.17, 15) is 18.0 Å². The summed E-state index contributed by atoms with van der Waals surface area (Å²) in [5.41, 5.74) is 0.404. The molecule has 1 aliphatic heterocycles. The van der Waals surface area contributed by atoms with Gasteiger partial charge in [-0.15, -0.1) is 0 Å². The van der Waals surface area contributed by atoms with Crippen molar-refractivity contribution in [3.05, 3.63) is 53.9 Å². The van der Waals surface area contributed by atoms with Crippen LogP contribution < -0.4 is 10.2 Å². The van der Waals surface area contributed by atoms with Crippen LogP contribution in [0.2, 0.25) is 0 Å². The Hall–Kier alpha value is -2.57. The number of nitrogens with one attached hydrogen (secondary N) is 1. The molecule has 7 heteroatoms. The number of carbonyl (C=O) groups excluding carboxylic acids is 1. The molecule has 0 radical (unpaired) electrons. The Balaban J connectivity index is 1.92. The van der Waals surface area contributed by atoms with Crippen LogP contribution in [0, 0.1) is 0 Å². The Morgan fingerprint density at radius 2 is 1.54 bits per heavy atom. The monoisotopic (exact) mass is 391 g/mol. The highest BCUT2D eigenvalue weighted by molar-refractivity contribution is 6.06. The third-order valence-electron chi connectivity index (χ3n) is 4.96. The van der Waals surface area contributed by atoms with Gasteiger partial charge >= 0.3 is 6.18 Å². The minimum absolute atomic E-state index is 0.191. The highest BCUT2D eigenvalue weighted by Crippen LogP contribution is 2.36. The Morgan fingerprint density at radius 3 is 2.14 bits per heavy atom. The number of amides is 1. The molecule has 1 N–H and O–H groups in total. The van der Waals surface area contributed by atoms with Crippen molar-refractivity contribution in [1.82, 2.24) is 4.98 Å². The van der Waals surface area contributed by atoms with Crippen molar-refractivity contribution in [3.63, 3.8) is 0 Å². The maximum atomic E-state index is 13.2. The van der Waals surface area contributed by atoms with Gasteiger partial charge in [-0.2, -0.15) is 13.2 Å². The Kier molecular flexibility index (Phi) is 6.54. The predicted octanol–water partition coefficient (Wildman–Crippen LogP) is 5.51. The van der Waals surface area contributed by atoms with Crippen LogP contribution in [0.1, 0.15) is 54.4 Å². The third kappa shape index (κ3) is 5.24. The van der Waals surface area contributed by atoms with Crippen molar-refractivity contribution < 1.29 is 18.0 Å². The quantitative estimate of drug-likeness (QED) is 0.750. The first-order chi connectivity index (χ1) is 13.4. The van der Waals surface area contributed by atoms with Gasteiger partial charge in [0.15, 0.2) is 0 Å². The molecule has 0 aliphatic carbocycles. The fourth-order valence-corrected chi connectivity index (χ4v) is 3.45. The predicted molar refractivity (Wildman–Crippen MR) is 104 cm³/mol. The molecule has 1 saturated heterocycles. The van der Waals surface area contributed by atoms with Gasteiger partial charge in [0.1, 0.15) is 0 Å². The highest BCUT2D eigenvalue weighted by Gasteiger charge is 2.31. The van der Waals surface area contributed by atoms with Crippen LogP contribution in [0.3, 0.4) is 0 Å². The Bertz CT molecular complexity index is 783. The number of aromatic nitrogens is 1. The summed E-state index contributed by atoms with van der Waals surface area (Å²) < 4.78 is 39.7. The van der Waals surface area contributed by atoms with Crippen LogP contribution in [-0.4, -0.2) is 24.0 Å². The van der Waals surface area contributed by atoms with Gasteiger partial charge in [0.05, 0.1) is 16.9 Å². The van der Waals surface area contributed by atoms with Crippen molar-refractivity contribution in [2.75, 3.05) is 23.3 Å². The van der Waals surface area contributed by atoms with Crippen LogP contribution in [-0.2, 0) is 6.18 Å². The molecule has 1 fully saturated rings. The first-order valence-electron chi connectivity index (χ1n) is 9.63. The molecule has 4 nitrogen and oxygen atoms in total. The molecular weight excluding hydrogens is 367 g/mol. The SMILES string of the molecule is O=C(Nc1cc(C(F)(F)F)ccc1N1CCCCCCCC1)c1ccncc1. The Morgan fingerprint density at radius 1 is 0.929 bits per heavy atom. The molecule has 2 heterocycles. The first kappa shape index (κ1) is 20.2. The molecule has 0 saturated carbocycles. The van der Waals surface area contributed by atoms with Crippen molar-refractivity contribution in [3.8, 4) is 0 Å². The number of carbonyl (C=O) groups is 1. The number of hydrogen-bond acceptors (Lipinski definition) is 3. The molecule has 1 amide bonds. The van der Waals surface area contributed by atoms with Crippen molar-refractivity contribution >= 4 is 17.3 Å². The number of anilines is 2. The second-order valence-corrected chi connectivity index (χ2v) is 7.03. The summed E-state index contributed by atoms with van der Waals surface area (Å²) in [6, 6.07) is 6.65. The summed E-state index contributed by atoms with van der Waals surface area (Å²) in [5.74, 6) is -0.452. The lowest BCUT2D eigenvalue weighted by Crippen LogP contribution is -2.27. The topological polar surface area (TPSA) is 45.2 Å². The van der Waals surface area contributed by atoms with Gasteiger partial charge in [0.2, 0.25) is 0 Å². The van der Waals surface area contributed by atoms with E-state index >= 15 is 0 Å². The van der Waals surface area contributed by atoms with Crippen molar-refractivity contribution in [2.45, 2.75) is 44.7 Å². The number of hydrogen-bond donors (Lipinski definition) is 1. The zero-order chi connectivity index (χ0) is 20.0. The van der Waals surface area contributed by atoms with E-state index in [0.717, 1.165) is 50.9 Å². The smallest absolute Gasteiger partial charge is 0.370 e. The normalized spacial score (nSPS) is 16.0. The number of pyridine rings is 1. The third-order valence-corrected chi connectivity index (χ3v) is 4.96. The lowest BCUT2D eigenvalue weighted by molar-refractivity contribution is -0.137. The number of halogens is 3. The highest BCUT2D eigenvalue weighted by atomic mass is 19.4. The average Bonchev–Trinajstić information content (AvgIpc) is 2.82. The van der Waals surface area contributed by atoms with E-state index < -0.39 is 17.6 Å². The molecule has 1 aliphatic rings. The largest absolute Gasteiger partial charge is 0.416 e. The minimum Gasteiger partial charge on any atom is -0.370 e. The van der Waals surface area contributed by atoms with E-state index in [-0.39, 0.29) is 5.69 Å². The van der Waals surface area contributed by atoms with Crippen LogP contribution >= 0.6 is 0 Å². The van der Waals surface area contributed by atoms with E-state index in [0.29, 0.717) is 11.3 Å². The molecule has 3 rings (SSSR count). The van der Waals surface area contributed by atoms with Gasteiger partial charge in [-0.05, 0) is 43.2 Å². The maximum Gasteiger partial charge on any atom is 0.416 e. The van der Waals surface area contributed by atoms with Crippen LogP contribution in [0.4, 0.5) is 24.5 Å². The van der Waals surface area contributed by atoms with Crippen molar-refractivity contribution in [2.24, 2.45) is 0 Å². The summed E-state index contributed by atoms with van der Waals surface area (Å²) in [7, 11) is 0. The fourth-order valence-electron chi connectivity index (χ4n) is 3.45. The summed E-state index contributed by atoms with van der Waals surface area (Å²) in [4.78, 5) is 18.5. The lowest BCUT2D eigenvalue weighted by Gasteiger charge is -2.27. The molecule has 0 atom stereocenters. The van der Waals surface area contributed by atoms with Gasteiger partial charge < -0.3 is 10.2 Å². The number of nitrogens with zero attached hydrogens (tertiary/aromatic N) is 2. The summed E-state index contributed by atoms with van der Waals surface area (Å²) in [6.07, 6.45) is 5.04. The standard InChI is InChI=1S/C21H24F3N3O/c22-21(23,24)17-7-8-19(27-13-5-3-1-2-4-6-14-27)18(15-17)26-20(28)16-9-11-25-12-10-16/h7-12,15H,1-6,13-14H2,(H,26,28). The molecule has 0 bridgehead atoms. The van der Waals surface area contributed by atoms with Gasteiger partial charge in [-0.1, -0.05) is 25.7 Å². The van der Waals surface area contributed by atoms with Crippen LogP contribution in [0.25, 0.3) is 0 Å². The van der Waals surface area contributed by atoms with E-state index in [4.69, 9.17) is 0 Å². The molecule has 1 aromatic heterocycles.